The lowest BCUT2D eigenvalue weighted by atomic mass is 10.2. The topological polar surface area (TPSA) is 114 Å². The van der Waals surface area contributed by atoms with Gasteiger partial charge in [-0.3, -0.25) is 4.79 Å². The second-order valence-electron chi connectivity index (χ2n) is 5.93. The Labute approximate surface area is 158 Å². The number of carbonyl (C=O) groups is 1. The summed E-state index contributed by atoms with van der Waals surface area (Å²) in [7, 11) is -0.717. The van der Waals surface area contributed by atoms with E-state index in [1.807, 2.05) is 18.2 Å². The molecule has 8 nitrogen and oxygen atoms in total. The van der Waals surface area contributed by atoms with E-state index in [-0.39, 0.29) is 17.3 Å². The zero-order chi connectivity index (χ0) is 20.0. The van der Waals surface area contributed by atoms with E-state index < -0.39 is 15.9 Å². The average Bonchev–Trinajstić information content (AvgIpc) is 2.63. The highest BCUT2D eigenvalue weighted by Gasteiger charge is 2.18. The molecule has 0 saturated heterocycles. The van der Waals surface area contributed by atoms with E-state index in [9.17, 15) is 13.2 Å². The molecule has 0 heterocycles. The van der Waals surface area contributed by atoms with Crippen LogP contribution in [0, 0.1) is 6.92 Å². The van der Waals surface area contributed by atoms with Crippen LogP contribution in [-0.2, 0) is 19.7 Å². The molecule has 0 bridgehead atoms. The number of hydrogen-bond acceptors (Lipinski definition) is 5. The highest BCUT2D eigenvalue weighted by molar-refractivity contribution is 7.89. The van der Waals surface area contributed by atoms with Crippen molar-refractivity contribution in [3.05, 3.63) is 59.7 Å². The molecule has 9 heteroatoms. The first-order chi connectivity index (χ1) is 12.7. The first kappa shape index (κ1) is 20.4. The molecule has 0 aromatic heterocycles. The minimum absolute atomic E-state index is 0.0839. The molecule has 2 aromatic rings. The lowest BCUT2D eigenvalue weighted by Gasteiger charge is -2.14. The number of rotatable bonds is 7. The molecule has 0 aliphatic carbocycles. The highest BCUT2D eigenvalue weighted by Crippen LogP contribution is 2.21. The molecule has 0 atom stereocenters. The van der Waals surface area contributed by atoms with E-state index in [4.69, 9.17) is 10.6 Å². The number of nitrogens with zero attached hydrogens (tertiary/aromatic N) is 2. The van der Waals surface area contributed by atoms with Gasteiger partial charge in [0.15, 0.2) is 12.4 Å². The first-order valence-corrected chi connectivity index (χ1v) is 9.49. The quantitative estimate of drug-likeness (QED) is 0.423. The van der Waals surface area contributed by atoms with Gasteiger partial charge in [-0.1, -0.05) is 41.6 Å². The third-order valence-electron chi connectivity index (χ3n) is 3.69. The van der Waals surface area contributed by atoms with Gasteiger partial charge in [0, 0.05) is 25.3 Å². The van der Waals surface area contributed by atoms with E-state index in [1.54, 1.807) is 25.1 Å². The number of oxime groups is 1. The van der Waals surface area contributed by atoms with Crippen molar-refractivity contribution in [2.45, 2.75) is 11.8 Å². The van der Waals surface area contributed by atoms with Crippen LogP contribution in [0.3, 0.4) is 0 Å². The first-order valence-electron chi connectivity index (χ1n) is 8.05. The Morgan fingerprint density at radius 1 is 1.19 bits per heavy atom. The molecular formula is C18H22N4O4S. The molecule has 0 saturated carbocycles. The second kappa shape index (κ2) is 8.65. The fourth-order valence-corrected chi connectivity index (χ4v) is 3.04. The summed E-state index contributed by atoms with van der Waals surface area (Å²) in [5.74, 6) is -0.333. The van der Waals surface area contributed by atoms with Gasteiger partial charge in [0.2, 0.25) is 10.0 Å². The number of sulfonamides is 1. The van der Waals surface area contributed by atoms with Crippen LogP contribution in [0.4, 0.5) is 5.69 Å². The van der Waals surface area contributed by atoms with Crippen molar-refractivity contribution >= 4 is 27.5 Å². The summed E-state index contributed by atoms with van der Waals surface area (Å²) in [6.07, 6.45) is 0. The molecule has 27 heavy (non-hydrogen) atoms. The number of amides is 1. The van der Waals surface area contributed by atoms with Crippen LogP contribution < -0.4 is 11.1 Å². The zero-order valence-electron chi connectivity index (χ0n) is 15.3. The Balaban J connectivity index is 2.04. The summed E-state index contributed by atoms with van der Waals surface area (Å²) in [4.78, 5) is 17.1. The van der Waals surface area contributed by atoms with E-state index in [2.05, 4.69) is 10.5 Å². The second-order valence-corrected chi connectivity index (χ2v) is 8.08. The van der Waals surface area contributed by atoms with Gasteiger partial charge in [-0.15, -0.1) is 0 Å². The Kier molecular flexibility index (Phi) is 6.54. The van der Waals surface area contributed by atoms with Gasteiger partial charge in [-0.2, -0.15) is 0 Å². The smallest absolute Gasteiger partial charge is 0.265 e. The molecule has 0 spiro atoms. The Morgan fingerprint density at radius 2 is 1.85 bits per heavy atom. The summed E-state index contributed by atoms with van der Waals surface area (Å²) in [5, 5.41) is 6.33. The highest BCUT2D eigenvalue weighted by atomic mass is 32.2. The molecular weight excluding hydrogens is 368 g/mol. The van der Waals surface area contributed by atoms with Gasteiger partial charge in [0.05, 0.1) is 4.90 Å². The molecule has 0 radical (unpaired) electrons. The van der Waals surface area contributed by atoms with E-state index in [1.165, 1.54) is 26.2 Å². The number of benzene rings is 2. The number of aryl methyl sites for hydroxylation is 1. The molecule has 0 aliphatic heterocycles. The number of anilines is 1. The van der Waals surface area contributed by atoms with E-state index in [0.717, 1.165) is 4.31 Å². The summed E-state index contributed by atoms with van der Waals surface area (Å²) in [6, 6.07) is 13.5. The van der Waals surface area contributed by atoms with Gasteiger partial charge in [0.1, 0.15) is 0 Å². The van der Waals surface area contributed by atoms with Gasteiger partial charge < -0.3 is 15.9 Å². The molecule has 2 rings (SSSR count). The van der Waals surface area contributed by atoms with Crippen LogP contribution in [0.5, 0.6) is 0 Å². The van der Waals surface area contributed by atoms with Crippen molar-refractivity contribution in [2.24, 2.45) is 10.9 Å². The predicted molar refractivity (Wildman–Crippen MR) is 104 cm³/mol. The van der Waals surface area contributed by atoms with Crippen molar-refractivity contribution < 1.29 is 18.0 Å². The Bertz CT molecular complexity index is 941. The lowest BCUT2D eigenvalue weighted by Crippen LogP contribution is -2.23. The summed E-state index contributed by atoms with van der Waals surface area (Å²) in [6.45, 7) is 1.39. The predicted octanol–water partition coefficient (Wildman–Crippen LogP) is 1.52. The van der Waals surface area contributed by atoms with Crippen LogP contribution in [0.1, 0.15) is 11.1 Å². The molecule has 0 fully saturated rings. The van der Waals surface area contributed by atoms with E-state index >= 15 is 0 Å². The normalized spacial score (nSPS) is 12.1. The zero-order valence-corrected chi connectivity index (χ0v) is 16.2. The minimum atomic E-state index is -3.60. The number of nitrogens with one attached hydrogen (secondary N) is 1. The van der Waals surface area contributed by atoms with Crippen molar-refractivity contribution in [2.75, 3.05) is 26.0 Å². The molecule has 144 valence electrons. The Hall–Kier alpha value is -2.91. The number of amidine groups is 1. The Morgan fingerprint density at radius 3 is 2.48 bits per heavy atom. The average molecular weight is 390 g/mol. The molecule has 1 amide bonds. The number of carbonyl (C=O) groups excluding carboxylic acids is 1. The largest absolute Gasteiger partial charge is 0.384 e. The van der Waals surface area contributed by atoms with Crippen LogP contribution >= 0.6 is 0 Å². The van der Waals surface area contributed by atoms with Crippen molar-refractivity contribution in [1.29, 1.82) is 0 Å². The van der Waals surface area contributed by atoms with Gasteiger partial charge >= 0.3 is 0 Å². The summed E-state index contributed by atoms with van der Waals surface area (Å²) < 4.78 is 25.5. The molecule has 2 aromatic carbocycles. The minimum Gasteiger partial charge on any atom is -0.384 e. The molecule has 0 unspecified atom stereocenters. The molecule has 0 aliphatic rings. The van der Waals surface area contributed by atoms with Crippen molar-refractivity contribution in [1.82, 2.24) is 4.31 Å². The maximum Gasteiger partial charge on any atom is 0.265 e. The monoisotopic (exact) mass is 390 g/mol. The number of nitrogens with two attached hydrogens (primary N) is 1. The SMILES string of the molecule is Cc1ccc(S(=O)(=O)N(C)C)cc1NC(=O)CO/N=C(\N)c1ccccc1. The maximum absolute atomic E-state index is 12.2. The maximum atomic E-state index is 12.2. The van der Waals surface area contributed by atoms with Gasteiger partial charge in [-0.05, 0) is 24.6 Å². The number of hydrogen-bond donors (Lipinski definition) is 2. The van der Waals surface area contributed by atoms with Crippen LogP contribution in [0.2, 0.25) is 0 Å². The van der Waals surface area contributed by atoms with Gasteiger partial charge in [0.25, 0.3) is 5.91 Å². The standard InChI is InChI=1S/C18H22N4O4S/c1-13-9-10-15(27(24,25)22(2)3)11-16(13)20-17(23)12-26-21-18(19)14-7-5-4-6-8-14/h4-11H,12H2,1-3H3,(H2,19,21)(H,20,23). The fourth-order valence-electron chi connectivity index (χ4n) is 2.12. The lowest BCUT2D eigenvalue weighted by molar-refractivity contribution is -0.120. The summed E-state index contributed by atoms with van der Waals surface area (Å²) in [5.41, 5.74) is 7.55. The summed E-state index contributed by atoms with van der Waals surface area (Å²) >= 11 is 0. The third kappa shape index (κ3) is 5.28. The van der Waals surface area contributed by atoms with Crippen LogP contribution in [0.15, 0.2) is 58.6 Å². The van der Waals surface area contributed by atoms with Crippen LogP contribution in [0.25, 0.3) is 0 Å². The van der Waals surface area contributed by atoms with Crippen LogP contribution in [-0.4, -0.2) is 45.2 Å². The van der Waals surface area contributed by atoms with Crippen molar-refractivity contribution in [3.8, 4) is 0 Å². The van der Waals surface area contributed by atoms with Gasteiger partial charge in [-0.25, -0.2) is 12.7 Å². The van der Waals surface area contributed by atoms with E-state index in [0.29, 0.717) is 16.8 Å². The van der Waals surface area contributed by atoms with Crippen molar-refractivity contribution in [3.63, 3.8) is 0 Å². The fraction of sp³-hybridized carbons (Fsp3) is 0.222. The third-order valence-corrected chi connectivity index (χ3v) is 5.50. The molecule has 3 N–H and O–H groups in total.